The lowest BCUT2D eigenvalue weighted by Gasteiger charge is -2.18. The van der Waals surface area contributed by atoms with Crippen LogP contribution in [0.1, 0.15) is 128 Å². The van der Waals surface area contributed by atoms with Gasteiger partial charge in [-0.1, -0.05) is 51.4 Å². The number of aliphatic carboxylic acids is 3. The fourth-order valence-corrected chi connectivity index (χ4v) is 4.79. The summed E-state index contributed by atoms with van der Waals surface area (Å²) in [5, 5.41) is 34.5. The number of nitrogens with one attached hydrogen (secondary N) is 3. The average molecular weight is 718 g/mol. The zero-order valence-corrected chi connectivity index (χ0v) is 29.9. The highest BCUT2D eigenvalue weighted by atomic mass is 16.6. The number of hydrogen-bond donors (Lipinski definition) is 6. The molecule has 0 atom stereocenters. The van der Waals surface area contributed by atoms with Crippen LogP contribution in [0.5, 0.6) is 0 Å². The van der Waals surface area contributed by atoms with Crippen LogP contribution in [-0.2, 0) is 43.0 Å². The SMILES string of the molecule is O=C(O)CCCCCCCNC(=O)CCOCC(COCCC(=O)NCCCCCCCC(=O)O)OCCC(=O)NCCCCCCC(=O)O. The van der Waals surface area contributed by atoms with Crippen LogP contribution in [0.25, 0.3) is 0 Å². The van der Waals surface area contributed by atoms with E-state index in [4.69, 9.17) is 29.5 Å². The summed E-state index contributed by atoms with van der Waals surface area (Å²) in [4.78, 5) is 68.1. The zero-order valence-electron chi connectivity index (χ0n) is 29.9. The number of rotatable bonds is 37. The van der Waals surface area contributed by atoms with Gasteiger partial charge in [-0.15, -0.1) is 0 Å². The summed E-state index contributed by atoms with van der Waals surface area (Å²) in [6.45, 7) is 2.37. The summed E-state index contributed by atoms with van der Waals surface area (Å²) in [5.41, 5.74) is 0. The van der Waals surface area contributed by atoms with Crippen molar-refractivity contribution in [1.82, 2.24) is 16.0 Å². The molecular weight excluding hydrogens is 654 g/mol. The summed E-state index contributed by atoms with van der Waals surface area (Å²) in [7, 11) is 0. The van der Waals surface area contributed by atoms with E-state index >= 15 is 0 Å². The lowest BCUT2D eigenvalue weighted by atomic mass is 10.1. The summed E-state index contributed by atoms with van der Waals surface area (Å²) in [6.07, 6.45) is 11.9. The van der Waals surface area contributed by atoms with Crippen LogP contribution in [0.3, 0.4) is 0 Å². The van der Waals surface area contributed by atoms with E-state index < -0.39 is 24.0 Å². The molecule has 0 radical (unpaired) electrons. The molecule has 0 fully saturated rings. The van der Waals surface area contributed by atoms with E-state index in [2.05, 4.69) is 16.0 Å². The van der Waals surface area contributed by atoms with E-state index in [1.165, 1.54) is 0 Å². The molecule has 0 spiro atoms. The first kappa shape index (κ1) is 46.7. The third kappa shape index (κ3) is 36.0. The summed E-state index contributed by atoms with van der Waals surface area (Å²) < 4.78 is 17.2. The number of carbonyl (C=O) groups is 6. The number of carboxylic acid groups (broad SMARTS) is 3. The minimum atomic E-state index is -0.805. The van der Waals surface area contributed by atoms with Crippen LogP contribution >= 0.6 is 0 Å². The minimum absolute atomic E-state index is 0.132. The van der Waals surface area contributed by atoms with Gasteiger partial charge in [0.1, 0.15) is 6.10 Å². The zero-order chi connectivity index (χ0) is 37.1. The van der Waals surface area contributed by atoms with Crippen molar-refractivity contribution in [3.8, 4) is 0 Å². The Kier molecular flexibility index (Phi) is 31.9. The molecule has 0 aromatic carbocycles. The second-order valence-electron chi connectivity index (χ2n) is 12.3. The highest BCUT2D eigenvalue weighted by Crippen LogP contribution is 2.06. The average Bonchev–Trinajstić information content (AvgIpc) is 3.06. The maximum Gasteiger partial charge on any atom is 0.303 e. The lowest BCUT2D eigenvalue weighted by molar-refractivity contribution is -0.138. The van der Waals surface area contributed by atoms with E-state index in [1.807, 2.05) is 0 Å². The number of carbonyl (C=O) groups excluding carboxylic acids is 3. The fraction of sp³-hybridized carbons (Fsp3) is 0.829. The van der Waals surface area contributed by atoms with Gasteiger partial charge in [0.15, 0.2) is 0 Å². The quantitative estimate of drug-likeness (QED) is 0.0505. The second kappa shape index (κ2) is 34.2. The Balaban J connectivity index is 4.31. The first-order chi connectivity index (χ1) is 24.1. The number of ether oxygens (including phenoxy) is 3. The van der Waals surface area contributed by atoms with Crippen LogP contribution < -0.4 is 16.0 Å². The molecule has 0 heterocycles. The fourth-order valence-electron chi connectivity index (χ4n) is 4.79. The number of amides is 3. The van der Waals surface area contributed by atoms with Gasteiger partial charge < -0.3 is 45.5 Å². The Morgan fingerprint density at radius 2 is 0.700 bits per heavy atom. The maximum absolute atomic E-state index is 12.2. The molecule has 0 aliphatic heterocycles. The van der Waals surface area contributed by atoms with Gasteiger partial charge in [0.25, 0.3) is 0 Å². The van der Waals surface area contributed by atoms with Gasteiger partial charge in [0.2, 0.25) is 17.7 Å². The van der Waals surface area contributed by atoms with Gasteiger partial charge in [-0.3, -0.25) is 28.8 Å². The molecule has 0 aromatic rings. The van der Waals surface area contributed by atoms with E-state index in [-0.39, 0.29) is 89.3 Å². The third-order valence-electron chi connectivity index (χ3n) is 7.66. The normalized spacial score (nSPS) is 11.0. The Labute approximate surface area is 296 Å². The first-order valence-corrected chi connectivity index (χ1v) is 18.3. The van der Waals surface area contributed by atoms with Crippen molar-refractivity contribution in [1.29, 1.82) is 0 Å². The monoisotopic (exact) mass is 717 g/mol. The molecule has 0 aliphatic carbocycles. The molecule has 15 nitrogen and oxygen atoms in total. The van der Waals surface area contributed by atoms with E-state index in [0.29, 0.717) is 38.9 Å². The van der Waals surface area contributed by atoms with Gasteiger partial charge in [0, 0.05) is 58.2 Å². The summed E-state index contributed by atoms with van der Waals surface area (Å²) in [5.74, 6) is -2.80. The molecule has 290 valence electrons. The van der Waals surface area contributed by atoms with Crippen LogP contribution in [-0.4, -0.2) is 110 Å². The molecule has 0 bridgehead atoms. The van der Waals surface area contributed by atoms with E-state index in [1.54, 1.807) is 0 Å². The third-order valence-corrected chi connectivity index (χ3v) is 7.66. The molecule has 0 unspecified atom stereocenters. The van der Waals surface area contributed by atoms with Gasteiger partial charge in [0.05, 0.1) is 33.0 Å². The molecule has 50 heavy (non-hydrogen) atoms. The molecule has 3 amide bonds. The molecule has 0 aliphatic rings. The molecule has 15 heteroatoms. The number of unbranched alkanes of at least 4 members (excludes halogenated alkanes) is 11. The van der Waals surface area contributed by atoms with Gasteiger partial charge in [-0.2, -0.15) is 0 Å². The summed E-state index contributed by atoms with van der Waals surface area (Å²) >= 11 is 0. The molecule has 0 aromatic heterocycles. The lowest BCUT2D eigenvalue weighted by Crippen LogP contribution is -2.31. The second-order valence-corrected chi connectivity index (χ2v) is 12.3. The van der Waals surface area contributed by atoms with Crippen molar-refractivity contribution >= 4 is 35.6 Å². The van der Waals surface area contributed by atoms with Crippen LogP contribution in [0.15, 0.2) is 0 Å². The van der Waals surface area contributed by atoms with Crippen molar-refractivity contribution in [2.45, 2.75) is 135 Å². The molecule has 0 saturated carbocycles. The Bertz CT molecular complexity index is 885. The van der Waals surface area contributed by atoms with Crippen molar-refractivity contribution in [3.63, 3.8) is 0 Å². The number of carboxylic acids is 3. The highest BCUT2D eigenvalue weighted by molar-refractivity contribution is 5.76. The largest absolute Gasteiger partial charge is 0.481 e. The maximum atomic E-state index is 12.2. The topological polar surface area (TPSA) is 227 Å². The number of hydrogen-bond acceptors (Lipinski definition) is 9. The first-order valence-electron chi connectivity index (χ1n) is 18.3. The molecule has 0 saturated heterocycles. The van der Waals surface area contributed by atoms with Gasteiger partial charge in [-0.25, -0.2) is 0 Å². The van der Waals surface area contributed by atoms with E-state index in [9.17, 15) is 28.8 Å². The van der Waals surface area contributed by atoms with Crippen LogP contribution in [0.2, 0.25) is 0 Å². The molecule has 0 rings (SSSR count). The van der Waals surface area contributed by atoms with Crippen LogP contribution in [0.4, 0.5) is 0 Å². The molecular formula is C35H63N3O12. The highest BCUT2D eigenvalue weighted by Gasteiger charge is 2.13. The van der Waals surface area contributed by atoms with Gasteiger partial charge >= 0.3 is 17.9 Å². The van der Waals surface area contributed by atoms with Gasteiger partial charge in [-0.05, 0) is 38.5 Å². The Morgan fingerprint density at radius 3 is 1.04 bits per heavy atom. The van der Waals surface area contributed by atoms with Crippen molar-refractivity contribution in [3.05, 3.63) is 0 Å². The molecule has 6 N–H and O–H groups in total. The smallest absolute Gasteiger partial charge is 0.303 e. The van der Waals surface area contributed by atoms with Crippen molar-refractivity contribution in [2.75, 3.05) is 52.7 Å². The van der Waals surface area contributed by atoms with Crippen molar-refractivity contribution < 1.29 is 58.3 Å². The summed E-state index contributed by atoms with van der Waals surface area (Å²) in [6, 6.07) is 0. The van der Waals surface area contributed by atoms with E-state index in [0.717, 1.165) is 70.6 Å². The minimum Gasteiger partial charge on any atom is -0.481 e. The van der Waals surface area contributed by atoms with Crippen LogP contribution in [0, 0.1) is 0 Å². The standard InChI is InChI=1S/C35H63N3O12/c39-30(36-21-12-6-1-3-9-15-33(42)43)18-24-48-27-29(50-26-20-32(41)38-23-14-8-5-11-17-35(46)47)28-49-25-19-31(40)37-22-13-7-2-4-10-16-34(44)45/h29H,1-28H2,(H,36,39)(H,37,40)(H,38,41)(H,42,43)(H,44,45)(H,46,47). The predicted octanol–water partition coefficient (Wildman–Crippen LogP) is 3.81. The van der Waals surface area contributed by atoms with Crippen molar-refractivity contribution in [2.24, 2.45) is 0 Å². The Morgan fingerprint density at radius 1 is 0.400 bits per heavy atom. The Hall–Kier alpha value is -3.30. The predicted molar refractivity (Wildman–Crippen MR) is 186 cm³/mol.